The molecule has 0 atom stereocenters. The number of carboxylic acids is 1. The Morgan fingerprint density at radius 2 is 2.33 bits per heavy atom. The van der Waals surface area contributed by atoms with Crippen molar-refractivity contribution in [2.75, 3.05) is 0 Å². The van der Waals surface area contributed by atoms with Gasteiger partial charge in [-0.3, -0.25) is 0 Å². The molecule has 1 aromatic rings. The molecule has 0 saturated heterocycles. The number of aromatic carboxylic acids is 1. The first-order chi connectivity index (χ1) is 6.91. The predicted molar refractivity (Wildman–Crippen MR) is 50.7 cm³/mol. The molecule has 82 valence electrons. The van der Waals surface area contributed by atoms with Gasteiger partial charge in [-0.05, 0) is 10.8 Å². The highest BCUT2D eigenvalue weighted by molar-refractivity contribution is 5.86. The van der Waals surface area contributed by atoms with Gasteiger partial charge in [-0.25, -0.2) is 4.79 Å². The first-order valence-corrected chi connectivity index (χ1v) is 4.37. The van der Waals surface area contributed by atoms with Crippen molar-refractivity contribution in [1.29, 1.82) is 0 Å². The van der Waals surface area contributed by atoms with Crippen molar-refractivity contribution >= 4 is 11.8 Å². The summed E-state index contributed by atoms with van der Waals surface area (Å²) in [5.41, 5.74) is -0.157. The van der Waals surface area contributed by atoms with Crippen LogP contribution >= 0.6 is 0 Å². The molecule has 1 rings (SSSR count). The van der Waals surface area contributed by atoms with Crippen LogP contribution in [0.4, 0.5) is 5.82 Å². The molecule has 0 fully saturated rings. The maximum Gasteiger partial charge on any atom is 0.390 e. The van der Waals surface area contributed by atoms with Gasteiger partial charge in [0.1, 0.15) is 0 Å². The number of aromatic nitrogens is 2. The van der Waals surface area contributed by atoms with Gasteiger partial charge in [0.25, 0.3) is 0 Å². The quantitative estimate of drug-likeness (QED) is 0.597. The number of nitrogens with zero attached hydrogens (tertiary/aromatic N) is 3. The Labute approximate surface area is 85.5 Å². The van der Waals surface area contributed by atoms with Crippen LogP contribution in [0.1, 0.15) is 24.3 Å². The molecular formula is C8H11N3O4. The second-order valence-corrected chi connectivity index (χ2v) is 3.53. The number of carboxylic acid groups (broad SMARTS) is 1. The number of hydrogen-bond acceptors (Lipinski definition) is 4. The van der Waals surface area contributed by atoms with E-state index in [1.54, 1.807) is 0 Å². The zero-order valence-electron chi connectivity index (χ0n) is 8.38. The highest BCUT2D eigenvalue weighted by atomic mass is 16.6. The summed E-state index contributed by atoms with van der Waals surface area (Å²) < 4.78 is 1.14. The number of hydrogen-bond donors (Lipinski definition) is 1. The van der Waals surface area contributed by atoms with E-state index >= 15 is 0 Å². The van der Waals surface area contributed by atoms with Crippen LogP contribution in [0.25, 0.3) is 0 Å². The second kappa shape index (κ2) is 4.07. The summed E-state index contributed by atoms with van der Waals surface area (Å²) in [6.07, 6.45) is 0. The molecule has 0 aromatic carbocycles. The summed E-state index contributed by atoms with van der Waals surface area (Å²) in [7, 11) is 0. The summed E-state index contributed by atoms with van der Waals surface area (Å²) in [4.78, 5) is 20.5. The van der Waals surface area contributed by atoms with Crippen LogP contribution in [-0.2, 0) is 6.54 Å². The van der Waals surface area contributed by atoms with Gasteiger partial charge in [-0.1, -0.05) is 13.8 Å². The summed E-state index contributed by atoms with van der Waals surface area (Å²) in [6, 6.07) is 0.963. The lowest BCUT2D eigenvalue weighted by Crippen LogP contribution is -2.13. The molecule has 0 saturated carbocycles. The first kappa shape index (κ1) is 11.2. The van der Waals surface area contributed by atoms with Gasteiger partial charge in [0, 0.05) is 0 Å². The number of rotatable bonds is 4. The van der Waals surface area contributed by atoms with Crippen molar-refractivity contribution < 1.29 is 14.8 Å². The summed E-state index contributed by atoms with van der Waals surface area (Å²) in [6.45, 7) is 4.09. The maximum absolute atomic E-state index is 10.8. The van der Waals surface area contributed by atoms with Crippen LogP contribution in [0.3, 0.4) is 0 Å². The van der Waals surface area contributed by atoms with Crippen LogP contribution in [0, 0.1) is 16.0 Å². The predicted octanol–water partition coefficient (Wildman–Crippen LogP) is 1.15. The minimum absolute atomic E-state index is 0.157. The Bertz CT molecular complexity index is 397. The Balaban J connectivity index is 3.11. The molecular weight excluding hydrogens is 202 g/mol. The van der Waals surface area contributed by atoms with Crippen LogP contribution in [-0.4, -0.2) is 25.8 Å². The van der Waals surface area contributed by atoms with E-state index in [1.807, 2.05) is 13.8 Å². The van der Waals surface area contributed by atoms with Crippen molar-refractivity contribution in [3.8, 4) is 0 Å². The number of nitro groups is 1. The molecule has 0 bridgehead atoms. The van der Waals surface area contributed by atoms with Crippen LogP contribution < -0.4 is 0 Å². The molecule has 7 nitrogen and oxygen atoms in total. The maximum atomic E-state index is 10.8. The third kappa shape index (κ3) is 2.52. The normalized spacial score (nSPS) is 10.6. The van der Waals surface area contributed by atoms with Crippen molar-refractivity contribution in [1.82, 2.24) is 9.78 Å². The number of carbonyl (C=O) groups is 1. The zero-order valence-corrected chi connectivity index (χ0v) is 8.38. The van der Waals surface area contributed by atoms with Crippen molar-refractivity contribution in [3.05, 3.63) is 21.9 Å². The smallest absolute Gasteiger partial charge is 0.390 e. The van der Waals surface area contributed by atoms with E-state index in [2.05, 4.69) is 5.10 Å². The first-order valence-electron chi connectivity index (χ1n) is 4.37. The lowest BCUT2D eigenvalue weighted by molar-refractivity contribution is -0.389. The van der Waals surface area contributed by atoms with E-state index in [4.69, 9.17) is 5.11 Å². The third-order valence-corrected chi connectivity index (χ3v) is 1.71. The topological polar surface area (TPSA) is 98.3 Å². The van der Waals surface area contributed by atoms with Gasteiger partial charge in [0.2, 0.25) is 0 Å². The molecule has 0 radical (unpaired) electrons. The average Bonchev–Trinajstić information content (AvgIpc) is 2.46. The largest absolute Gasteiger partial charge is 0.476 e. The average molecular weight is 213 g/mol. The minimum Gasteiger partial charge on any atom is -0.476 e. The van der Waals surface area contributed by atoms with Gasteiger partial charge in [-0.2, -0.15) is 4.68 Å². The SMILES string of the molecule is CC(C)Cn1nc([N+](=O)[O-])cc1C(=O)O. The highest BCUT2D eigenvalue weighted by Gasteiger charge is 2.22. The van der Waals surface area contributed by atoms with E-state index in [1.165, 1.54) is 0 Å². The second-order valence-electron chi connectivity index (χ2n) is 3.53. The molecule has 0 spiro atoms. The molecule has 0 aliphatic rings. The molecule has 0 unspecified atom stereocenters. The molecule has 1 N–H and O–H groups in total. The van der Waals surface area contributed by atoms with Crippen molar-refractivity contribution in [2.24, 2.45) is 5.92 Å². The van der Waals surface area contributed by atoms with Gasteiger partial charge in [0.05, 0.1) is 17.7 Å². The molecule has 7 heteroatoms. The van der Waals surface area contributed by atoms with Gasteiger partial charge >= 0.3 is 11.8 Å². The molecule has 0 aliphatic carbocycles. The highest BCUT2D eigenvalue weighted by Crippen LogP contribution is 2.13. The summed E-state index contributed by atoms with van der Waals surface area (Å²) >= 11 is 0. The van der Waals surface area contributed by atoms with Crippen LogP contribution in [0.15, 0.2) is 6.07 Å². The minimum atomic E-state index is -1.21. The summed E-state index contributed by atoms with van der Waals surface area (Å²) in [5.74, 6) is -1.48. The van der Waals surface area contributed by atoms with Crippen LogP contribution in [0.5, 0.6) is 0 Å². The molecule has 0 aliphatic heterocycles. The van der Waals surface area contributed by atoms with E-state index in [9.17, 15) is 14.9 Å². The fourth-order valence-corrected chi connectivity index (χ4v) is 1.15. The van der Waals surface area contributed by atoms with E-state index in [0.29, 0.717) is 6.54 Å². The zero-order chi connectivity index (χ0) is 11.6. The fourth-order valence-electron chi connectivity index (χ4n) is 1.15. The van der Waals surface area contributed by atoms with E-state index in [-0.39, 0.29) is 11.6 Å². The molecule has 0 amide bonds. The van der Waals surface area contributed by atoms with Crippen LogP contribution in [0.2, 0.25) is 0 Å². The monoisotopic (exact) mass is 213 g/mol. The summed E-state index contributed by atoms with van der Waals surface area (Å²) in [5, 5.41) is 22.8. The molecule has 1 aromatic heterocycles. The molecule has 15 heavy (non-hydrogen) atoms. The van der Waals surface area contributed by atoms with Crippen molar-refractivity contribution in [2.45, 2.75) is 20.4 Å². The lowest BCUT2D eigenvalue weighted by Gasteiger charge is -2.02. The Kier molecular flexibility index (Phi) is 3.03. The Morgan fingerprint density at radius 3 is 2.73 bits per heavy atom. The lowest BCUT2D eigenvalue weighted by atomic mass is 10.2. The van der Waals surface area contributed by atoms with Gasteiger partial charge < -0.3 is 15.2 Å². The van der Waals surface area contributed by atoms with Crippen molar-refractivity contribution in [3.63, 3.8) is 0 Å². The molecule has 1 heterocycles. The van der Waals surface area contributed by atoms with E-state index in [0.717, 1.165) is 10.7 Å². The third-order valence-electron chi connectivity index (χ3n) is 1.71. The van der Waals surface area contributed by atoms with Gasteiger partial charge in [0.15, 0.2) is 5.69 Å². The van der Waals surface area contributed by atoms with Gasteiger partial charge in [-0.15, -0.1) is 0 Å². The Hall–Kier alpha value is -1.92. The fraction of sp³-hybridized carbons (Fsp3) is 0.500. The standard InChI is InChI=1S/C8H11N3O4/c1-5(2)4-10-6(8(12)13)3-7(9-10)11(14)15/h3,5H,4H2,1-2H3,(H,12,13). The Morgan fingerprint density at radius 1 is 1.73 bits per heavy atom. The van der Waals surface area contributed by atoms with E-state index < -0.39 is 16.7 Å².